The van der Waals surface area contributed by atoms with E-state index in [2.05, 4.69) is 20.6 Å². The molecule has 0 saturated heterocycles. The molecule has 128 valence electrons. The van der Waals surface area contributed by atoms with Crippen LogP contribution in [0.2, 0.25) is 0 Å². The predicted molar refractivity (Wildman–Crippen MR) is 95.4 cm³/mol. The van der Waals surface area contributed by atoms with Gasteiger partial charge in [-0.2, -0.15) is 0 Å². The van der Waals surface area contributed by atoms with Gasteiger partial charge in [0.1, 0.15) is 11.6 Å². The van der Waals surface area contributed by atoms with Crippen molar-refractivity contribution in [2.24, 2.45) is 0 Å². The highest BCUT2D eigenvalue weighted by atomic mass is 32.1. The van der Waals surface area contributed by atoms with Crippen LogP contribution in [0.4, 0.5) is 5.82 Å². The van der Waals surface area contributed by atoms with E-state index in [1.807, 2.05) is 32.2 Å². The van der Waals surface area contributed by atoms with Gasteiger partial charge in [-0.1, -0.05) is 19.9 Å². The molecule has 0 aliphatic heterocycles. The summed E-state index contributed by atoms with van der Waals surface area (Å²) in [4.78, 5) is 33.1. The van der Waals surface area contributed by atoms with E-state index in [0.29, 0.717) is 35.9 Å². The molecule has 0 radical (unpaired) electrons. The van der Waals surface area contributed by atoms with E-state index in [4.69, 9.17) is 0 Å². The number of hydrogen-bond donors (Lipinski definition) is 2. The summed E-state index contributed by atoms with van der Waals surface area (Å²) in [5, 5.41) is 7.45. The number of aryl methyl sites for hydroxylation is 1. The minimum Gasteiger partial charge on any atom is -0.351 e. The van der Waals surface area contributed by atoms with Crippen molar-refractivity contribution in [2.75, 3.05) is 11.9 Å². The summed E-state index contributed by atoms with van der Waals surface area (Å²) < 4.78 is 0. The normalized spacial score (nSPS) is 10.7. The van der Waals surface area contributed by atoms with E-state index in [1.165, 1.54) is 11.3 Å². The number of hydrogen-bond acceptors (Lipinski definition) is 5. The van der Waals surface area contributed by atoms with E-state index in [0.717, 1.165) is 5.69 Å². The van der Waals surface area contributed by atoms with Crippen LogP contribution in [0.25, 0.3) is 0 Å². The fourth-order valence-corrected chi connectivity index (χ4v) is 2.70. The first-order valence-electron chi connectivity index (χ1n) is 7.93. The maximum atomic E-state index is 12.0. The van der Waals surface area contributed by atoms with E-state index in [9.17, 15) is 9.59 Å². The lowest BCUT2D eigenvalue weighted by Crippen LogP contribution is -2.24. The average Bonchev–Trinajstić information content (AvgIpc) is 3.05. The minimum atomic E-state index is -0.117. The number of nitrogens with one attached hydrogen (secondary N) is 2. The van der Waals surface area contributed by atoms with Crippen LogP contribution in [0, 0.1) is 6.92 Å². The molecule has 0 spiro atoms. The maximum Gasteiger partial charge on any atom is 0.261 e. The predicted octanol–water partition coefficient (Wildman–Crippen LogP) is 3.12. The second kappa shape index (κ2) is 8.54. The highest BCUT2D eigenvalue weighted by Gasteiger charge is 2.10. The molecule has 7 heteroatoms. The molecule has 0 aliphatic rings. The van der Waals surface area contributed by atoms with Crippen LogP contribution in [0.5, 0.6) is 0 Å². The number of anilines is 1. The van der Waals surface area contributed by atoms with Crippen LogP contribution in [0.3, 0.4) is 0 Å². The second-order valence-electron chi connectivity index (χ2n) is 5.79. The molecule has 24 heavy (non-hydrogen) atoms. The van der Waals surface area contributed by atoms with Crippen LogP contribution in [-0.2, 0) is 4.79 Å². The van der Waals surface area contributed by atoms with Crippen LogP contribution < -0.4 is 10.6 Å². The van der Waals surface area contributed by atoms with Crippen LogP contribution in [0.1, 0.15) is 53.8 Å². The Morgan fingerprint density at radius 1 is 1.29 bits per heavy atom. The van der Waals surface area contributed by atoms with Crippen molar-refractivity contribution >= 4 is 29.0 Å². The molecule has 2 aromatic rings. The third-order valence-electron chi connectivity index (χ3n) is 3.27. The van der Waals surface area contributed by atoms with Gasteiger partial charge in [-0.25, -0.2) is 9.97 Å². The van der Waals surface area contributed by atoms with Gasteiger partial charge in [0.2, 0.25) is 5.91 Å². The fraction of sp³-hybridized carbons (Fsp3) is 0.412. The summed E-state index contributed by atoms with van der Waals surface area (Å²) in [6.07, 6.45) is 0.898. The van der Waals surface area contributed by atoms with Gasteiger partial charge < -0.3 is 10.6 Å². The SMILES string of the molecule is Cc1cc(NC(=O)CCCNC(=O)c2cccs2)nc(C(C)C)n1. The highest BCUT2D eigenvalue weighted by molar-refractivity contribution is 7.12. The number of carbonyl (C=O) groups excluding carboxylic acids is 2. The number of amides is 2. The second-order valence-corrected chi connectivity index (χ2v) is 6.74. The number of nitrogens with zero attached hydrogens (tertiary/aromatic N) is 2. The van der Waals surface area contributed by atoms with E-state index in [-0.39, 0.29) is 17.7 Å². The number of aromatic nitrogens is 2. The largest absolute Gasteiger partial charge is 0.351 e. The summed E-state index contributed by atoms with van der Waals surface area (Å²) in [7, 11) is 0. The van der Waals surface area contributed by atoms with Crippen molar-refractivity contribution in [2.45, 2.75) is 39.5 Å². The lowest BCUT2D eigenvalue weighted by atomic mass is 10.2. The molecule has 2 rings (SSSR count). The standard InChI is InChI=1S/C17H22N4O2S/c1-11(2)16-19-12(3)10-14(21-16)20-15(22)7-4-8-18-17(23)13-6-5-9-24-13/h5-6,9-11H,4,7-8H2,1-3H3,(H,18,23)(H,19,20,21,22). The molecule has 2 heterocycles. The maximum absolute atomic E-state index is 12.0. The molecule has 2 aromatic heterocycles. The zero-order valence-electron chi connectivity index (χ0n) is 14.1. The van der Waals surface area contributed by atoms with Gasteiger partial charge in [-0.05, 0) is 24.8 Å². The third-order valence-corrected chi connectivity index (χ3v) is 4.14. The smallest absolute Gasteiger partial charge is 0.261 e. The Morgan fingerprint density at radius 2 is 2.08 bits per heavy atom. The summed E-state index contributed by atoms with van der Waals surface area (Å²) in [6, 6.07) is 5.36. The number of thiophene rings is 1. The lowest BCUT2D eigenvalue weighted by Gasteiger charge is -2.09. The zero-order chi connectivity index (χ0) is 17.5. The molecule has 0 unspecified atom stereocenters. The van der Waals surface area contributed by atoms with Crippen molar-refractivity contribution < 1.29 is 9.59 Å². The molecular formula is C17H22N4O2S. The summed E-state index contributed by atoms with van der Waals surface area (Å²) in [5.41, 5.74) is 0.826. The van der Waals surface area contributed by atoms with E-state index in [1.54, 1.807) is 12.1 Å². The quantitative estimate of drug-likeness (QED) is 0.755. The summed E-state index contributed by atoms with van der Waals surface area (Å²) >= 11 is 1.40. The van der Waals surface area contributed by atoms with Crippen LogP contribution in [0.15, 0.2) is 23.6 Å². The summed E-state index contributed by atoms with van der Waals surface area (Å²) in [6.45, 7) is 6.36. The molecule has 6 nitrogen and oxygen atoms in total. The first-order chi connectivity index (χ1) is 11.5. The van der Waals surface area contributed by atoms with Gasteiger partial charge >= 0.3 is 0 Å². The van der Waals surface area contributed by atoms with Gasteiger partial charge in [0.15, 0.2) is 0 Å². The fourth-order valence-electron chi connectivity index (χ4n) is 2.06. The zero-order valence-corrected chi connectivity index (χ0v) is 14.9. The first-order valence-corrected chi connectivity index (χ1v) is 8.81. The van der Waals surface area contributed by atoms with Crippen LogP contribution in [-0.4, -0.2) is 28.3 Å². The third kappa shape index (κ3) is 5.42. The molecule has 2 amide bonds. The molecular weight excluding hydrogens is 324 g/mol. The topological polar surface area (TPSA) is 84.0 Å². The van der Waals surface area contributed by atoms with Crippen LogP contribution >= 0.6 is 11.3 Å². The minimum absolute atomic E-state index is 0.0987. The van der Waals surface area contributed by atoms with Gasteiger partial charge in [0.25, 0.3) is 5.91 Å². The van der Waals surface area contributed by atoms with E-state index >= 15 is 0 Å². The van der Waals surface area contributed by atoms with Crippen molar-refractivity contribution in [3.8, 4) is 0 Å². The Hall–Kier alpha value is -2.28. The Kier molecular flexibility index (Phi) is 6.43. The molecule has 0 aromatic carbocycles. The van der Waals surface area contributed by atoms with Gasteiger partial charge in [-0.15, -0.1) is 11.3 Å². The highest BCUT2D eigenvalue weighted by Crippen LogP contribution is 2.14. The Balaban J connectivity index is 1.76. The van der Waals surface area contributed by atoms with Gasteiger partial charge in [0, 0.05) is 30.6 Å². The van der Waals surface area contributed by atoms with Crippen molar-refractivity contribution in [1.29, 1.82) is 0 Å². The molecule has 0 bridgehead atoms. The van der Waals surface area contributed by atoms with Gasteiger partial charge in [0.05, 0.1) is 4.88 Å². The van der Waals surface area contributed by atoms with Crippen molar-refractivity contribution in [3.63, 3.8) is 0 Å². The molecule has 2 N–H and O–H groups in total. The molecule has 0 fully saturated rings. The molecule has 0 aliphatic carbocycles. The Bertz CT molecular complexity index is 699. The van der Waals surface area contributed by atoms with Crippen molar-refractivity contribution in [1.82, 2.24) is 15.3 Å². The lowest BCUT2D eigenvalue weighted by molar-refractivity contribution is -0.116. The average molecular weight is 346 g/mol. The molecule has 0 atom stereocenters. The Morgan fingerprint density at radius 3 is 2.75 bits per heavy atom. The van der Waals surface area contributed by atoms with E-state index < -0.39 is 0 Å². The first kappa shape index (κ1) is 18.1. The monoisotopic (exact) mass is 346 g/mol. The number of carbonyl (C=O) groups is 2. The van der Waals surface area contributed by atoms with Gasteiger partial charge in [-0.3, -0.25) is 9.59 Å². The summed E-state index contributed by atoms with van der Waals surface area (Å²) in [5.74, 6) is 1.23. The number of rotatable bonds is 7. The Labute approximate surface area is 145 Å². The van der Waals surface area contributed by atoms with Crippen molar-refractivity contribution in [3.05, 3.63) is 40.0 Å². The molecule has 0 saturated carbocycles.